The van der Waals surface area contributed by atoms with Crippen LogP contribution in [0.25, 0.3) is 11.0 Å². The predicted molar refractivity (Wildman–Crippen MR) is 75.0 cm³/mol. The average molecular weight is 260 g/mol. The smallest absolute Gasteiger partial charge is 0.154 e. The van der Waals surface area contributed by atoms with Gasteiger partial charge in [-0.2, -0.15) is 0 Å². The zero-order chi connectivity index (χ0) is 13.3. The fourth-order valence-electron chi connectivity index (χ4n) is 2.98. The summed E-state index contributed by atoms with van der Waals surface area (Å²) < 4.78 is 1.99. The highest BCUT2D eigenvalue weighted by Crippen LogP contribution is 2.37. The molecule has 2 N–H and O–H groups in total. The Bertz CT molecular complexity index is 572. The van der Waals surface area contributed by atoms with Crippen molar-refractivity contribution in [2.75, 3.05) is 18.5 Å². The third-order valence-electron chi connectivity index (χ3n) is 4.27. The van der Waals surface area contributed by atoms with E-state index in [4.69, 9.17) is 0 Å². The van der Waals surface area contributed by atoms with Gasteiger partial charge in [-0.05, 0) is 18.9 Å². The number of hydrogen-bond acceptors (Lipinski definition) is 4. The van der Waals surface area contributed by atoms with Crippen LogP contribution >= 0.6 is 0 Å². The van der Waals surface area contributed by atoms with Crippen molar-refractivity contribution in [1.29, 1.82) is 0 Å². The molecule has 5 nitrogen and oxygen atoms in total. The lowest BCUT2D eigenvalue weighted by atomic mass is 9.87. The van der Waals surface area contributed by atoms with E-state index in [1.807, 2.05) is 17.7 Å². The van der Waals surface area contributed by atoms with E-state index in [-0.39, 0.29) is 12.0 Å². The Hall–Kier alpha value is -1.62. The van der Waals surface area contributed by atoms with E-state index >= 15 is 0 Å². The highest BCUT2D eigenvalue weighted by Gasteiger charge is 2.33. The van der Waals surface area contributed by atoms with Crippen LogP contribution in [0.3, 0.4) is 0 Å². The van der Waals surface area contributed by atoms with Crippen molar-refractivity contribution in [2.24, 2.45) is 12.5 Å². The molecular weight excluding hydrogens is 240 g/mol. The molecule has 19 heavy (non-hydrogen) atoms. The van der Waals surface area contributed by atoms with Gasteiger partial charge < -0.3 is 15.0 Å². The van der Waals surface area contributed by atoms with E-state index < -0.39 is 0 Å². The lowest BCUT2D eigenvalue weighted by molar-refractivity contribution is 0.142. The quantitative estimate of drug-likeness (QED) is 0.881. The Morgan fingerprint density at radius 3 is 2.89 bits per heavy atom. The number of fused-ring (bicyclic) bond motifs is 1. The number of aliphatic hydroxyl groups excluding tert-OH is 1. The number of aryl methyl sites for hydroxylation is 1. The Morgan fingerprint density at radius 2 is 2.16 bits per heavy atom. The lowest BCUT2D eigenvalue weighted by Crippen LogP contribution is -2.30. The molecule has 0 radical (unpaired) electrons. The second kappa shape index (κ2) is 4.81. The second-order valence-electron chi connectivity index (χ2n) is 5.60. The van der Waals surface area contributed by atoms with E-state index in [0.29, 0.717) is 0 Å². The molecule has 0 aliphatic heterocycles. The lowest BCUT2D eigenvalue weighted by Gasteiger charge is -2.26. The summed E-state index contributed by atoms with van der Waals surface area (Å²) in [6.45, 7) is 1.02. The number of aliphatic hydroxyl groups is 1. The standard InChI is InChI=1S/C14H20N4O/c1-18-10-17-12-11(18)4-7-15-13(12)16-8-14(9-19)5-2-3-6-14/h4,7,10,19H,2-3,5-6,8-9H2,1H3,(H,15,16). The van der Waals surface area contributed by atoms with Gasteiger partial charge in [0.05, 0.1) is 18.5 Å². The number of pyridine rings is 1. The molecule has 5 heteroatoms. The summed E-state index contributed by atoms with van der Waals surface area (Å²) in [6.07, 6.45) is 8.21. The Kier molecular flexibility index (Phi) is 3.14. The van der Waals surface area contributed by atoms with Gasteiger partial charge in [0.1, 0.15) is 5.52 Å². The van der Waals surface area contributed by atoms with Gasteiger partial charge in [-0.1, -0.05) is 12.8 Å². The van der Waals surface area contributed by atoms with Crippen LogP contribution in [-0.2, 0) is 7.05 Å². The zero-order valence-electron chi connectivity index (χ0n) is 11.3. The van der Waals surface area contributed by atoms with E-state index in [2.05, 4.69) is 15.3 Å². The second-order valence-corrected chi connectivity index (χ2v) is 5.60. The Labute approximate surface area is 112 Å². The molecule has 1 saturated carbocycles. The van der Waals surface area contributed by atoms with Gasteiger partial charge >= 0.3 is 0 Å². The van der Waals surface area contributed by atoms with Gasteiger partial charge in [0.15, 0.2) is 5.82 Å². The average Bonchev–Trinajstić information content (AvgIpc) is 3.05. The highest BCUT2D eigenvalue weighted by atomic mass is 16.3. The zero-order valence-corrected chi connectivity index (χ0v) is 11.3. The summed E-state index contributed by atoms with van der Waals surface area (Å²) in [4.78, 5) is 8.77. The normalized spacial score (nSPS) is 18.0. The number of aromatic nitrogens is 3. The largest absolute Gasteiger partial charge is 0.396 e. The molecule has 2 aromatic heterocycles. The maximum atomic E-state index is 9.63. The minimum atomic E-state index is 0.0264. The summed E-state index contributed by atoms with van der Waals surface area (Å²) in [7, 11) is 1.98. The summed E-state index contributed by atoms with van der Waals surface area (Å²) in [6, 6.07) is 1.96. The van der Waals surface area contributed by atoms with Crippen molar-refractivity contribution < 1.29 is 5.11 Å². The number of imidazole rings is 1. The first kappa shape index (κ1) is 12.4. The summed E-state index contributed by atoms with van der Waals surface area (Å²) in [5.74, 6) is 0.817. The monoisotopic (exact) mass is 260 g/mol. The van der Waals surface area contributed by atoms with Crippen molar-refractivity contribution in [2.45, 2.75) is 25.7 Å². The van der Waals surface area contributed by atoms with E-state index in [1.165, 1.54) is 12.8 Å². The summed E-state index contributed by atoms with van der Waals surface area (Å²) >= 11 is 0. The van der Waals surface area contributed by atoms with Crippen molar-refractivity contribution in [1.82, 2.24) is 14.5 Å². The molecule has 1 aliphatic carbocycles. The van der Waals surface area contributed by atoms with Crippen molar-refractivity contribution in [3.63, 3.8) is 0 Å². The molecule has 0 aromatic carbocycles. The van der Waals surface area contributed by atoms with Gasteiger partial charge in [0, 0.05) is 25.2 Å². The highest BCUT2D eigenvalue weighted by molar-refractivity contribution is 5.85. The number of rotatable bonds is 4. The number of nitrogens with zero attached hydrogens (tertiary/aromatic N) is 3. The van der Waals surface area contributed by atoms with Gasteiger partial charge in [0.25, 0.3) is 0 Å². The minimum Gasteiger partial charge on any atom is -0.396 e. The molecule has 0 saturated heterocycles. The van der Waals surface area contributed by atoms with Crippen LogP contribution in [0.5, 0.6) is 0 Å². The van der Waals surface area contributed by atoms with Gasteiger partial charge in [0.2, 0.25) is 0 Å². The fourth-order valence-corrected chi connectivity index (χ4v) is 2.98. The number of nitrogens with one attached hydrogen (secondary N) is 1. The molecule has 2 heterocycles. The molecule has 0 bridgehead atoms. The van der Waals surface area contributed by atoms with Crippen LogP contribution in [0.4, 0.5) is 5.82 Å². The third-order valence-corrected chi connectivity index (χ3v) is 4.27. The molecule has 102 valence electrons. The van der Waals surface area contributed by atoms with Crippen molar-refractivity contribution in [3.05, 3.63) is 18.6 Å². The number of hydrogen-bond donors (Lipinski definition) is 2. The van der Waals surface area contributed by atoms with Gasteiger partial charge in [-0.15, -0.1) is 0 Å². The van der Waals surface area contributed by atoms with E-state index in [1.54, 1.807) is 12.5 Å². The maximum Gasteiger partial charge on any atom is 0.154 e. The first-order valence-corrected chi connectivity index (χ1v) is 6.85. The maximum absolute atomic E-state index is 9.63. The molecule has 2 aromatic rings. The van der Waals surface area contributed by atoms with Crippen LogP contribution in [0, 0.1) is 5.41 Å². The SMILES string of the molecule is Cn1cnc2c(NCC3(CO)CCCC3)nccc21. The molecule has 0 atom stereocenters. The van der Waals surface area contributed by atoms with Crippen molar-refractivity contribution >= 4 is 16.9 Å². The number of anilines is 1. The first-order valence-electron chi connectivity index (χ1n) is 6.85. The topological polar surface area (TPSA) is 63.0 Å². The van der Waals surface area contributed by atoms with Crippen LogP contribution in [0.1, 0.15) is 25.7 Å². The van der Waals surface area contributed by atoms with Crippen LogP contribution < -0.4 is 5.32 Å². The van der Waals surface area contributed by atoms with Gasteiger partial charge in [-0.3, -0.25) is 0 Å². The molecule has 0 spiro atoms. The molecule has 1 fully saturated rings. The molecular formula is C14H20N4O. The van der Waals surface area contributed by atoms with Gasteiger partial charge in [-0.25, -0.2) is 9.97 Å². The third kappa shape index (κ3) is 2.18. The van der Waals surface area contributed by atoms with E-state index in [9.17, 15) is 5.11 Å². The molecule has 3 rings (SSSR count). The molecule has 0 amide bonds. The van der Waals surface area contributed by atoms with E-state index in [0.717, 1.165) is 36.2 Å². The minimum absolute atomic E-state index is 0.0264. The Balaban J connectivity index is 1.82. The first-order chi connectivity index (χ1) is 9.24. The van der Waals surface area contributed by atoms with Crippen molar-refractivity contribution in [3.8, 4) is 0 Å². The van der Waals surface area contributed by atoms with Crippen LogP contribution in [0.2, 0.25) is 0 Å². The summed E-state index contributed by atoms with van der Waals surface area (Å²) in [5.41, 5.74) is 2.00. The van der Waals surface area contributed by atoms with Crippen LogP contribution in [0.15, 0.2) is 18.6 Å². The van der Waals surface area contributed by atoms with Crippen LogP contribution in [-0.4, -0.2) is 32.8 Å². The summed E-state index contributed by atoms with van der Waals surface area (Å²) in [5, 5.41) is 13.0. The Morgan fingerprint density at radius 1 is 1.37 bits per heavy atom. The predicted octanol–water partition coefficient (Wildman–Crippen LogP) is 1.93. The molecule has 0 unspecified atom stereocenters. The fraction of sp³-hybridized carbons (Fsp3) is 0.571. The molecule has 1 aliphatic rings.